The number of aliphatic imine (C=N–C) groups is 1. The molecule has 0 saturated carbocycles. The zero-order valence-electron chi connectivity index (χ0n) is 13.9. The smallest absolute Gasteiger partial charge is 0.427 e. The Kier molecular flexibility index (Phi) is 4.54. The van der Waals surface area contributed by atoms with Gasteiger partial charge in [0.1, 0.15) is 5.75 Å². The van der Waals surface area contributed by atoms with E-state index in [1.807, 2.05) is 0 Å². The molecule has 1 aliphatic heterocycles. The van der Waals surface area contributed by atoms with Gasteiger partial charge in [-0.25, -0.2) is 14.6 Å². The molecule has 9 heteroatoms. The van der Waals surface area contributed by atoms with Gasteiger partial charge in [-0.2, -0.15) is 13.2 Å². The van der Waals surface area contributed by atoms with E-state index >= 15 is 0 Å². The molecule has 0 amide bonds. The third-order valence-corrected chi connectivity index (χ3v) is 3.68. The minimum Gasteiger partial charge on any atom is -0.497 e. The van der Waals surface area contributed by atoms with Crippen LogP contribution in [0.1, 0.15) is 26.3 Å². The van der Waals surface area contributed by atoms with Crippen LogP contribution in [0.2, 0.25) is 0 Å². The number of carbonyl (C=O) groups excluding carboxylic acids is 2. The summed E-state index contributed by atoms with van der Waals surface area (Å²) in [5.74, 6) is -2.19. The lowest BCUT2D eigenvalue weighted by Crippen LogP contribution is -2.50. The number of alkyl halides is 3. The second-order valence-corrected chi connectivity index (χ2v) is 6.00. The maximum atomic E-state index is 12.9. The molecule has 0 spiro atoms. The van der Waals surface area contributed by atoms with Crippen molar-refractivity contribution in [2.75, 3.05) is 7.11 Å². The summed E-state index contributed by atoms with van der Waals surface area (Å²) in [7, 11) is 1.47. The van der Waals surface area contributed by atoms with E-state index < -0.39 is 29.3 Å². The van der Waals surface area contributed by atoms with Gasteiger partial charge in [-0.05, 0) is 45.0 Å². The Morgan fingerprint density at radius 3 is 2.24 bits per heavy atom. The molecule has 2 rings (SSSR count). The molecule has 0 unspecified atom stereocenters. The first kappa shape index (κ1) is 18.8. The molecule has 0 radical (unpaired) electrons. The molecule has 0 saturated heterocycles. The second-order valence-electron chi connectivity index (χ2n) is 6.00. The van der Waals surface area contributed by atoms with Crippen LogP contribution in [0.4, 0.5) is 13.2 Å². The summed E-state index contributed by atoms with van der Waals surface area (Å²) in [4.78, 5) is 28.1. The number of hydrogen-bond donors (Lipinski definition) is 0. The van der Waals surface area contributed by atoms with Crippen LogP contribution in [0.5, 0.6) is 5.75 Å². The predicted octanol–water partition coefficient (Wildman–Crippen LogP) is 2.64. The highest BCUT2D eigenvalue weighted by atomic mass is 19.4. The summed E-state index contributed by atoms with van der Waals surface area (Å²) in [6, 6.07) is 6.21. The van der Waals surface area contributed by atoms with Crippen LogP contribution in [0.25, 0.3) is 0 Å². The van der Waals surface area contributed by atoms with E-state index in [1.165, 1.54) is 19.2 Å². The average molecular weight is 359 g/mol. The molecule has 25 heavy (non-hydrogen) atoms. The Bertz CT molecular complexity index is 724. The first-order valence-electron chi connectivity index (χ1n) is 7.17. The van der Waals surface area contributed by atoms with Crippen molar-refractivity contribution >= 4 is 17.8 Å². The van der Waals surface area contributed by atoms with Crippen molar-refractivity contribution in [2.45, 2.75) is 38.1 Å². The third-order valence-electron chi connectivity index (χ3n) is 3.68. The molecule has 1 heterocycles. The molecule has 0 aliphatic carbocycles. The number of cyclic esters (lactones) is 1. The van der Waals surface area contributed by atoms with Gasteiger partial charge in [-0.15, -0.1) is 0 Å². The van der Waals surface area contributed by atoms with Crippen LogP contribution in [0.15, 0.2) is 29.3 Å². The summed E-state index contributed by atoms with van der Waals surface area (Å²) in [6.45, 7) is 2.41. The highest BCUT2D eigenvalue weighted by molar-refractivity contribution is 6.16. The molecule has 0 bridgehead atoms. The zero-order chi connectivity index (χ0) is 19.0. The van der Waals surface area contributed by atoms with Gasteiger partial charge in [0.15, 0.2) is 0 Å². The van der Waals surface area contributed by atoms with Crippen LogP contribution in [-0.2, 0) is 19.1 Å². The van der Waals surface area contributed by atoms with Crippen LogP contribution >= 0.6 is 0 Å². The van der Waals surface area contributed by atoms with Crippen molar-refractivity contribution in [3.8, 4) is 5.75 Å². The van der Waals surface area contributed by atoms with Gasteiger partial charge in [0, 0.05) is 5.56 Å². The van der Waals surface area contributed by atoms with Crippen LogP contribution in [0, 0.1) is 0 Å². The molecular formula is C16H16F3NO5. The molecule has 0 N–H and O–H groups in total. The number of esters is 2. The third kappa shape index (κ3) is 3.45. The second kappa shape index (κ2) is 6.05. The topological polar surface area (TPSA) is 74.2 Å². The molecule has 136 valence electrons. The zero-order valence-corrected chi connectivity index (χ0v) is 13.9. The van der Waals surface area contributed by atoms with Crippen molar-refractivity contribution < 1.29 is 37.0 Å². The van der Waals surface area contributed by atoms with Gasteiger partial charge in [0.05, 0.1) is 7.11 Å². The van der Waals surface area contributed by atoms with Crippen LogP contribution in [-0.4, -0.2) is 42.3 Å². The largest absolute Gasteiger partial charge is 0.497 e. The normalized spacial score (nSPS) is 20.8. The number of rotatable bonds is 4. The predicted molar refractivity (Wildman–Crippen MR) is 80.3 cm³/mol. The van der Waals surface area contributed by atoms with Crippen molar-refractivity contribution in [2.24, 2.45) is 4.99 Å². The number of methoxy groups -OCH3 is 1. The standard InChI is InChI=1S/C16H16F3NO5/c1-14(2,16(17,18)19)25-13(22)15(3)12(21)24-11(20-15)9-5-7-10(23-4)8-6-9/h5-8H,1-4H3/t15-/m0/s1. The highest BCUT2D eigenvalue weighted by Gasteiger charge is 2.56. The van der Waals surface area contributed by atoms with Gasteiger partial charge < -0.3 is 14.2 Å². The lowest BCUT2D eigenvalue weighted by molar-refractivity contribution is -0.259. The number of nitrogens with zero attached hydrogens (tertiary/aromatic N) is 1. The van der Waals surface area contributed by atoms with Gasteiger partial charge in [-0.3, -0.25) is 0 Å². The van der Waals surface area contributed by atoms with Gasteiger partial charge in [0.25, 0.3) is 5.54 Å². The lowest BCUT2D eigenvalue weighted by Gasteiger charge is -2.29. The Morgan fingerprint density at radius 2 is 1.76 bits per heavy atom. The molecule has 0 fully saturated rings. The minimum absolute atomic E-state index is 0.183. The maximum Gasteiger partial charge on any atom is 0.427 e. The van der Waals surface area contributed by atoms with E-state index in [9.17, 15) is 22.8 Å². The number of hydrogen-bond acceptors (Lipinski definition) is 6. The summed E-state index contributed by atoms with van der Waals surface area (Å²) >= 11 is 0. The molecule has 1 aromatic carbocycles. The van der Waals surface area contributed by atoms with E-state index in [1.54, 1.807) is 12.1 Å². The molecule has 1 atom stereocenters. The summed E-state index contributed by atoms with van der Waals surface area (Å²) < 4.78 is 53.0. The van der Waals surface area contributed by atoms with Crippen LogP contribution in [0.3, 0.4) is 0 Å². The molecular weight excluding hydrogens is 343 g/mol. The van der Waals surface area contributed by atoms with Gasteiger partial charge >= 0.3 is 18.1 Å². The monoisotopic (exact) mass is 359 g/mol. The van der Waals surface area contributed by atoms with Crippen molar-refractivity contribution in [3.63, 3.8) is 0 Å². The fourth-order valence-electron chi connectivity index (χ4n) is 1.83. The molecule has 0 aromatic heterocycles. The first-order valence-corrected chi connectivity index (χ1v) is 7.17. The fourth-order valence-corrected chi connectivity index (χ4v) is 1.83. The number of ether oxygens (including phenoxy) is 3. The van der Waals surface area contributed by atoms with E-state index in [0.29, 0.717) is 25.2 Å². The quantitative estimate of drug-likeness (QED) is 0.610. The van der Waals surface area contributed by atoms with E-state index in [2.05, 4.69) is 9.73 Å². The number of benzene rings is 1. The molecule has 1 aliphatic rings. The average Bonchev–Trinajstić information content (AvgIpc) is 2.83. The number of halogens is 3. The Labute approximate surface area is 141 Å². The van der Waals surface area contributed by atoms with Gasteiger partial charge in [0.2, 0.25) is 11.5 Å². The molecule has 1 aromatic rings. The van der Waals surface area contributed by atoms with Crippen LogP contribution < -0.4 is 4.74 Å². The summed E-state index contributed by atoms with van der Waals surface area (Å²) in [5.41, 5.74) is -4.62. The minimum atomic E-state index is -4.80. The van der Waals surface area contributed by atoms with Crippen molar-refractivity contribution in [1.82, 2.24) is 0 Å². The fraction of sp³-hybridized carbons (Fsp3) is 0.438. The summed E-state index contributed by atoms with van der Waals surface area (Å²) in [6.07, 6.45) is -4.80. The number of carbonyl (C=O) groups is 2. The Balaban J connectivity index is 2.28. The first-order chi connectivity index (χ1) is 11.4. The maximum absolute atomic E-state index is 12.9. The Morgan fingerprint density at radius 1 is 1.20 bits per heavy atom. The highest BCUT2D eigenvalue weighted by Crippen LogP contribution is 2.35. The van der Waals surface area contributed by atoms with E-state index in [-0.39, 0.29) is 5.90 Å². The summed E-state index contributed by atoms with van der Waals surface area (Å²) in [5, 5.41) is 0. The molecule has 6 nitrogen and oxygen atoms in total. The SMILES string of the molecule is COc1ccc(C2=N[C@](C)(C(=O)OC(C)(C)C(F)(F)F)C(=O)O2)cc1. The van der Waals surface area contributed by atoms with E-state index in [0.717, 1.165) is 6.92 Å². The van der Waals surface area contributed by atoms with E-state index in [4.69, 9.17) is 9.47 Å². The Hall–Kier alpha value is -2.58. The van der Waals surface area contributed by atoms with Crippen molar-refractivity contribution in [3.05, 3.63) is 29.8 Å². The van der Waals surface area contributed by atoms with Gasteiger partial charge in [-0.1, -0.05) is 0 Å². The lowest BCUT2D eigenvalue weighted by atomic mass is 10.0. The van der Waals surface area contributed by atoms with Crippen molar-refractivity contribution in [1.29, 1.82) is 0 Å².